The number of nitrogens with one attached hydrogen (secondary N) is 1. The van der Waals surface area contributed by atoms with Crippen molar-refractivity contribution in [2.24, 2.45) is 0 Å². The summed E-state index contributed by atoms with van der Waals surface area (Å²) in [5.74, 6) is 0.294. The molecule has 0 saturated carbocycles. The molecule has 3 aromatic heterocycles. The minimum absolute atomic E-state index is 0.0544. The van der Waals surface area contributed by atoms with Crippen molar-refractivity contribution in [3.8, 4) is 0 Å². The van der Waals surface area contributed by atoms with Gasteiger partial charge < -0.3 is 5.32 Å². The van der Waals surface area contributed by atoms with Crippen LogP contribution in [0.2, 0.25) is 0 Å². The molecular weight excluding hydrogens is 360 g/mol. The van der Waals surface area contributed by atoms with Gasteiger partial charge in [0.15, 0.2) is 0 Å². The number of pyridine rings is 1. The summed E-state index contributed by atoms with van der Waals surface area (Å²) in [7, 11) is 0. The van der Waals surface area contributed by atoms with Gasteiger partial charge in [0.05, 0.1) is 5.52 Å². The van der Waals surface area contributed by atoms with Crippen molar-refractivity contribution in [2.75, 3.05) is 0 Å². The summed E-state index contributed by atoms with van der Waals surface area (Å²) in [6.45, 7) is 4.13. The lowest BCUT2D eigenvalue weighted by Crippen LogP contribution is -2.33. The number of carbonyl (C=O) groups is 1. The van der Waals surface area contributed by atoms with Crippen LogP contribution >= 0.6 is 11.3 Å². The Morgan fingerprint density at radius 2 is 1.96 bits per heavy atom. The molecule has 0 spiro atoms. The van der Waals surface area contributed by atoms with Crippen molar-refractivity contribution in [3.63, 3.8) is 0 Å². The number of aryl methyl sites for hydroxylation is 2. The van der Waals surface area contributed by atoms with Gasteiger partial charge in [-0.25, -0.2) is 9.97 Å². The highest BCUT2D eigenvalue weighted by atomic mass is 32.1. The van der Waals surface area contributed by atoms with E-state index >= 15 is 0 Å². The topological polar surface area (TPSA) is 76.9 Å². The van der Waals surface area contributed by atoms with E-state index in [9.17, 15) is 9.59 Å². The lowest BCUT2D eigenvalue weighted by molar-refractivity contribution is -0.121. The standard InChI is InChI=1S/C20H18N4O2S/c1-12-5-7-14(8-6-12)10-22-16(25)11-24-13(2)23-17-15-4-3-9-21-19(15)27-18(17)20(24)26/h3-9H,10-11H2,1-2H3,(H,22,25). The second-order valence-electron chi connectivity index (χ2n) is 6.45. The minimum atomic E-state index is -0.221. The number of aromatic nitrogens is 3. The van der Waals surface area contributed by atoms with Crippen LogP contribution in [0.15, 0.2) is 47.4 Å². The number of fused-ring (bicyclic) bond motifs is 3. The molecule has 0 aliphatic carbocycles. The molecule has 1 amide bonds. The average Bonchev–Trinajstić information content (AvgIpc) is 3.03. The zero-order valence-electron chi connectivity index (χ0n) is 15.0. The van der Waals surface area contributed by atoms with E-state index in [4.69, 9.17) is 0 Å². The van der Waals surface area contributed by atoms with Crippen LogP contribution < -0.4 is 10.9 Å². The summed E-state index contributed by atoms with van der Waals surface area (Å²) in [5.41, 5.74) is 2.64. The van der Waals surface area contributed by atoms with Crippen LogP contribution in [0, 0.1) is 13.8 Å². The Morgan fingerprint density at radius 3 is 2.74 bits per heavy atom. The van der Waals surface area contributed by atoms with E-state index in [-0.39, 0.29) is 18.0 Å². The van der Waals surface area contributed by atoms with E-state index in [1.165, 1.54) is 21.5 Å². The van der Waals surface area contributed by atoms with Crippen molar-refractivity contribution in [2.45, 2.75) is 26.9 Å². The third-order valence-electron chi connectivity index (χ3n) is 4.46. The Bertz CT molecular complexity index is 1210. The van der Waals surface area contributed by atoms with Crippen molar-refractivity contribution in [3.05, 3.63) is 69.9 Å². The van der Waals surface area contributed by atoms with Gasteiger partial charge in [-0.2, -0.15) is 0 Å². The molecule has 4 rings (SSSR count). The lowest BCUT2D eigenvalue weighted by atomic mass is 10.1. The van der Waals surface area contributed by atoms with Gasteiger partial charge in [-0.3, -0.25) is 14.2 Å². The Kier molecular flexibility index (Phi) is 4.45. The number of rotatable bonds is 4. The van der Waals surface area contributed by atoms with Gasteiger partial charge in [0.2, 0.25) is 5.91 Å². The van der Waals surface area contributed by atoms with Gasteiger partial charge in [0.1, 0.15) is 21.9 Å². The van der Waals surface area contributed by atoms with Crippen molar-refractivity contribution in [1.82, 2.24) is 19.9 Å². The van der Waals surface area contributed by atoms with Gasteiger partial charge in [-0.15, -0.1) is 11.3 Å². The van der Waals surface area contributed by atoms with Crippen LogP contribution in [0.3, 0.4) is 0 Å². The van der Waals surface area contributed by atoms with Crippen LogP contribution in [0.4, 0.5) is 0 Å². The molecule has 6 nitrogen and oxygen atoms in total. The van der Waals surface area contributed by atoms with Gasteiger partial charge in [-0.05, 0) is 31.5 Å². The summed E-state index contributed by atoms with van der Waals surface area (Å²) < 4.78 is 1.95. The van der Waals surface area contributed by atoms with Gasteiger partial charge in [-0.1, -0.05) is 29.8 Å². The zero-order chi connectivity index (χ0) is 19.0. The summed E-state index contributed by atoms with van der Waals surface area (Å²) in [6, 6.07) is 11.7. The Morgan fingerprint density at radius 1 is 1.19 bits per heavy atom. The molecule has 0 aliphatic rings. The minimum Gasteiger partial charge on any atom is -0.350 e. The van der Waals surface area contributed by atoms with Crippen molar-refractivity contribution in [1.29, 1.82) is 0 Å². The smallest absolute Gasteiger partial charge is 0.272 e. The number of amides is 1. The molecular formula is C20H18N4O2S. The van der Waals surface area contributed by atoms with Crippen LogP contribution in [-0.2, 0) is 17.9 Å². The van der Waals surface area contributed by atoms with E-state index in [0.717, 1.165) is 15.8 Å². The number of benzene rings is 1. The van der Waals surface area contributed by atoms with Crippen LogP contribution in [-0.4, -0.2) is 20.4 Å². The predicted molar refractivity (Wildman–Crippen MR) is 107 cm³/mol. The Balaban J connectivity index is 1.59. The third-order valence-corrected chi connectivity index (χ3v) is 5.55. The number of carbonyl (C=O) groups excluding carboxylic acids is 1. The molecule has 7 heteroatoms. The maximum Gasteiger partial charge on any atom is 0.272 e. The van der Waals surface area contributed by atoms with Crippen LogP contribution in [0.1, 0.15) is 17.0 Å². The zero-order valence-corrected chi connectivity index (χ0v) is 15.8. The Hall–Kier alpha value is -3.06. The van der Waals surface area contributed by atoms with E-state index < -0.39 is 0 Å². The van der Waals surface area contributed by atoms with Crippen molar-refractivity contribution >= 4 is 37.7 Å². The molecule has 0 saturated heterocycles. The summed E-state index contributed by atoms with van der Waals surface area (Å²) >= 11 is 1.31. The summed E-state index contributed by atoms with van der Waals surface area (Å²) in [5, 5.41) is 3.73. The predicted octanol–water partition coefficient (Wildman–Crippen LogP) is 2.94. The maximum atomic E-state index is 12.9. The first-order valence-electron chi connectivity index (χ1n) is 8.60. The number of hydrogen-bond acceptors (Lipinski definition) is 5. The Labute approximate surface area is 159 Å². The number of thiophene rings is 1. The van der Waals surface area contributed by atoms with Crippen LogP contribution in [0.5, 0.6) is 0 Å². The first kappa shape index (κ1) is 17.4. The summed E-state index contributed by atoms with van der Waals surface area (Å²) in [4.78, 5) is 34.9. The highest BCUT2D eigenvalue weighted by Crippen LogP contribution is 2.28. The lowest BCUT2D eigenvalue weighted by Gasteiger charge is -2.10. The highest BCUT2D eigenvalue weighted by molar-refractivity contribution is 7.25. The molecule has 1 aromatic carbocycles. The average molecular weight is 378 g/mol. The second-order valence-corrected chi connectivity index (χ2v) is 7.45. The van der Waals surface area contributed by atoms with Gasteiger partial charge in [0, 0.05) is 18.1 Å². The molecule has 0 fully saturated rings. The van der Waals surface area contributed by atoms with Gasteiger partial charge >= 0.3 is 0 Å². The molecule has 0 unspecified atom stereocenters. The SMILES string of the molecule is Cc1ccc(CNC(=O)Cn2c(C)nc3c(sc4ncccc43)c2=O)cc1. The number of nitrogens with zero attached hydrogens (tertiary/aromatic N) is 3. The van der Waals surface area contributed by atoms with E-state index in [2.05, 4.69) is 15.3 Å². The highest BCUT2D eigenvalue weighted by Gasteiger charge is 2.16. The third kappa shape index (κ3) is 3.33. The molecule has 4 aromatic rings. The number of hydrogen-bond donors (Lipinski definition) is 1. The molecule has 0 atom stereocenters. The largest absolute Gasteiger partial charge is 0.350 e. The second kappa shape index (κ2) is 6.92. The molecule has 0 radical (unpaired) electrons. The molecule has 0 bridgehead atoms. The molecule has 136 valence electrons. The first-order chi connectivity index (χ1) is 13.0. The van der Waals surface area contributed by atoms with E-state index in [1.807, 2.05) is 43.3 Å². The monoisotopic (exact) mass is 378 g/mol. The van der Waals surface area contributed by atoms with Crippen molar-refractivity contribution < 1.29 is 4.79 Å². The molecule has 0 aliphatic heterocycles. The first-order valence-corrected chi connectivity index (χ1v) is 9.41. The quantitative estimate of drug-likeness (QED) is 0.592. The summed E-state index contributed by atoms with van der Waals surface area (Å²) in [6.07, 6.45) is 1.70. The fourth-order valence-corrected chi connectivity index (χ4v) is 3.99. The fourth-order valence-electron chi connectivity index (χ4n) is 2.96. The van der Waals surface area contributed by atoms with E-state index in [1.54, 1.807) is 13.1 Å². The molecule has 1 N–H and O–H groups in total. The normalized spacial score (nSPS) is 11.2. The fraction of sp³-hybridized carbons (Fsp3) is 0.200. The molecule has 3 heterocycles. The molecule has 27 heavy (non-hydrogen) atoms. The maximum absolute atomic E-state index is 12.9. The van der Waals surface area contributed by atoms with E-state index in [0.29, 0.717) is 22.6 Å². The van der Waals surface area contributed by atoms with Gasteiger partial charge in [0.25, 0.3) is 5.56 Å². The van der Waals surface area contributed by atoms with Crippen LogP contribution in [0.25, 0.3) is 20.4 Å².